The van der Waals surface area contributed by atoms with Crippen molar-refractivity contribution in [3.63, 3.8) is 0 Å². The summed E-state index contributed by atoms with van der Waals surface area (Å²) < 4.78 is 2.17. The molecular formula is C24H31N5O. The minimum atomic E-state index is 0.107. The molecule has 0 saturated carbocycles. The van der Waals surface area contributed by atoms with Crippen molar-refractivity contribution >= 4 is 22.5 Å². The molecular weight excluding hydrogens is 374 g/mol. The number of hydrogen-bond donors (Lipinski definition) is 1. The molecule has 3 aromatic rings. The molecule has 0 bridgehead atoms. The molecule has 4 rings (SSSR count). The van der Waals surface area contributed by atoms with Crippen LogP contribution in [0.4, 0.5) is 5.69 Å². The van der Waals surface area contributed by atoms with Crippen molar-refractivity contribution < 1.29 is 4.79 Å². The van der Waals surface area contributed by atoms with Crippen LogP contribution in [0.5, 0.6) is 0 Å². The molecule has 1 aromatic carbocycles. The van der Waals surface area contributed by atoms with Gasteiger partial charge in [-0.25, -0.2) is 4.98 Å². The van der Waals surface area contributed by atoms with Gasteiger partial charge in [-0.05, 0) is 44.4 Å². The fourth-order valence-corrected chi connectivity index (χ4v) is 4.37. The zero-order chi connectivity index (χ0) is 20.9. The van der Waals surface area contributed by atoms with E-state index in [0.29, 0.717) is 6.54 Å². The van der Waals surface area contributed by atoms with Gasteiger partial charge in [0.05, 0.1) is 5.52 Å². The Bertz CT molecular complexity index is 1000. The second-order valence-corrected chi connectivity index (χ2v) is 8.15. The second-order valence-electron chi connectivity index (χ2n) is 8.15. The van der Waals surface area contributed by atoms with Gasteiger partial charge in [-0.2, -0.15) is 0 Å². The lowest BCUT2D eigenvalue weighted by molar-refractivity contribution is -0.125. The summed E-state index contributed by atoms with van der Waals surface area (Å²) in [6.07, 6.45) is 9.39. The number of piperidine rings is 1. The number of imidazole rings is 1. The lowest BCUT2D eigenvalue weighted by Crippen LogP contribution is -2.41. The van der Waals surface area contributed by atoms with E-state index in [-0.39, 0.29) is 11.8 Å². The van der Waals surface area contributed by atoms with E-state index >= 15 is 0 Å². The van der Waals surface area contributed by atoms with Gasteiger partial charge >= 0.3 is 0 Å². The van der Waals surface area contributed by atoms with Crippen LogP contribution in [0.2, 0.25) is 0 Å². The average molecular weight is 406 g/mol. The first-order valence-electron chi connectivity index (χ1n) is 11.0. The fraction of sp³-hybridized carbons (Fsp3) is 0.458. The van der Waals surface area contributed by atoms with Crippen molar-refractivity contribution in [2.75, 3.05) is 24.5 Å². The number of aryl methyl sites for hydroxylation is 3. The number of rotatable bonds is 7. The first-order valence-corrected chi connectivity index (χ1v) is 11.0. The summed E-state index contributed by atoms with van der Waals surface area (Å²) in [5.74, 6) is 1.41. The summed E-state index contributed by atoms with van der Waals surface area (Å²) in [5, 5.41) is 4.34. The molecule has 1 aliphatic rings. The van der Waals surface area contributed by atoms with Crippen molar-refractivity contribution in [3.8, 4) is 0 Å². The highest BCUT2D eigenvalue weighted by molar-refractivity contribution is 5.92. The quantitative estimate of drug-likeness (QED) is 0.609. The Morgan fingerprint density at radius 3 is 2.80 bits per heavy atom. The predicted octanol–water partition coefficient (Wildman–Crippen LogP) is 3.73. The Morgan fingerprint density at radius 2 is 2.00 bits per heavy atom. The highest BCUT2D eigenvalue weighted by atomic mass is 16.1. The van der Waals surface area contributed by atoms with Crippen LogP contribution < -0.4 is 10.2 Å². The highest BCUT2D eigenvalue weighted by Gasteiger charge is 2.25. The van der Waals surface area contributed by atoms with E-state index in [1.165, 1.54) is 16.6 Å². The van der Waals surface area contributed by atoms with Gasteiger partial charge in [0.2, 0.25) is 5.91 Å². The van der Waals surface area contributed by atoms with Gasteiger partial charge in [0, 0.05) is 68.2 Å². The number of nitrogens with zero attached hydrogens (tertiary/aromatic N) is 4. The molecule has 6 nitrogen and oxygen atoms in total. The molecule has 1 aliphatic heterocycles. The van der Waals surface area contributed by atoms with Gasteiger partial charge in [-0.3, -0.25) is 9.78 Å². The summed E-state index contributed by atoms with van der Waals surface area (Å²) in [5.41, 5.74) is 3.50. The summed E-state index contributed by atoms with van der Waals surface area (Å²) in [7, 11) is 0. The maximum absolute atomic E-state index is 12.6. The predicted molar refractivity (Wildman–Crippen MR) is 121 cm³/mol. The number of amides is 1. The minimum absolute atomic E-state index is 0.107. The van der Waals surface area contributed by atoms with E-state index in [2.05, 4.69) is 62.9 Å². The highest BCUT2D eigenvalue weighted by Crippen LogP contribution is 2.30. The number of hydrogen-bond acceptors (Lipinski definition) is 4. The van der Waals surface area contributed by atoms with Crippen LogP contribution in [0.15, 0.2) is 42.9 Å². The molecule has 1 amide bonds. The van der Waals surface area contributed by atoms with Crippen LogP contribution >= 0.6 is 0 Å². The molecule has 0 unspecified atom stereocenters. The van der Waals surface area contributed by atoms with Crippen molar-refractivity contribution in [1.82, 2.24) is 19.9 Å². The van der Waals surface area contributed by atoms with E-state index in [9.17, 15) is 4.79 Å². The molecule has 1 N–H and O–H groups in total. The molecule has 30 heavy (non-hydrogen) atoms. The van der Waals surface area contributed by atoms with E-state index in [4.69, 9.17) is 0 Å². The maximum atomic E-state index is 12.6. The molecule has 0 atom stereocenters. The maximum Gasteiger partial charge on any atom is 0.223 e. The largest absolute Gasteiger partial charge is 0.371 e. The molecule has 0 aliphatic carbocycles. The standard InChI is InChI=1S/C24H31N5O/c1-3-23-26-12-16-29(23)13-4-10-27-24(30)19-8-14-28(15-9-19)22-7-11-25-21-6-5-18(2)17-20(21)22/h5-7,11-12,16-17,19H,3-4,8-10,13-15H2,1-2H3,(H,27,30). The zero-order valence-electron chi connectivity index (χ0n) is 18.0. The first kappa shape index (κ1) is 20.4. The number of benzene rings is 1. The van der Waals surface area contributed by atoms with Gasteiger partial charge in [0.25, 0.3) is 0 Å². The van der Waals surface area contributed by atoms with Crippen LogP contribution in [-0.4, -0.2) is 40.1 Å². The van der Waals surface area contributed by atoms with Crippen molar-refractivity contribution in [2.24, 2.45) is 5.92 Å². The van der Waals surface area contributed by atoms with Crippen LogP contribution in [-0.2, 0) is 17.8 Å². The number of carbonyl (C=O) groups is 1. The molecule has 2 aromatic heterocycles. The number of aromatic nitrogens is 3. The summed E-state index contributed by atoms with van der Waals surface area (Å²) in [6.45, 7) is 7.65. The smallest absolute Gasteiger partial charge is 0.223 e. The SMILES string of the molecule is CCc1nccn1CCCNC(=O)C1CCN(c2ccnc3ccc(C)cc23)CC1. The van der Waals surface area contributed by atoms with Crippen LogP contribution in [0.3, 0.4) is 0 Å². The van der Waals surface area contributed by atoms with Crippen molar-refractivity contribution in [1.29, 1.82) is 0 Å². The molecule has 3 heterocycles. The van der Waals surface area contributed by atoms with E-state index in [1.807, 2.05) is 18.6 Å². The van der Waals surface area contributed by atoms with Crippen LogP contribution in [0, 0.1) is 12.8 Å². The fourth-order valence-electron chi connectivity index (χ4n) is 4.37. The number of carbonyl (C=O) groups excluding carboxylic acids is 1. The lowest BCUT2D eigenvalue weighted by atomic mass is 9.95. The Hall–Kier alpha value is -2.89. The third-order valence-electron chi connectivity index (χ3n) is 6.07. The topological polar surface area (TPSA) is 63.1 Å². The number of fused-ring (bicyclic) bond motifs is 1. The van der Waals surface area contributed by atoms with Crippen LogP contribution in [0.25, 0.3) is 10.9 Å². The normalized spacial score (nSPS) is 14.9. The molecule has 1 fully saturated rings. The Balaban J connectivity index is 1.27. The number of anilines is 1. The summed E-state index contributed by atoms with van der Waals surface area (Å²) >= 11 is 0. The Kier molecular flexibility index (Phi) is 6.31. The van der Waals surface area contributed by atoms with E-state index in [0.717, 1.165) is 56.7 Å². The van der Waals surface area contributed by atoms with Crippen molar-refractivity contribution in [3.05, 3.63) is 54.2 Å². The first-order chi connectivity index (χ1) is 14.7. The Morgan fingerprint density at radius 1 is 1.17 bits per heavy atom. The third-order valence-corrected chi connectivity index (χ3v) is 6.07. The molecule has 0 radical (unpaired) electrons. The lowest BCUT2D eigenvalue weighted by Gasteiger charge is -2.33. The van der Waals surface area contributed by atoms with Gasteiger partial charge in [0.15, 0.2) is 0 Å². The van der Waals surface area contributed by atoms with Crippen LogP contribution in [0.1, 0.15) is 37.6 Å². The van der Waals surface area contributed by atoms with Gasteiger partial charge in [-0.1, -0.05) is 18.6 Å². The summed E-state index contributed by atoms with van der Waals surface area (Å²) in [4.78, 5) is 23.9. The van der Waals surface area contributed by atoms with Gasteiger partial charge in [0.1, 0.15) is 5.82 Å². The molecule has 1 saturated heterocycles. The molecule has 6 heteroatoms. The minimum Gasteiger partial charge on any atom is -0.371 e. The van der Waals surface area contributed by atoms with Gasteiger partial charge < -0.3 is 14.8 Å². The number of nitrogens with one attached hydrogen (secondary N) is 1. The zero-order valence-corrected chi connectivity index (χ0v) is 18.0. The van der Waals surface area contributed by atoms with E-state index in [1.54, 1.807) is 0 Å². The molecule has 0 spiro atoms. The second kappa shape index (κ2) is 9.28. The van der Waals surface area contributed by atoms with Gasteiger partial charge in [-0.15, -0.1) is 0 Å². The third kappa shape index (κ3) is 4.48. The monoisotopic (exact) mass is 405 g/mol. The van der Waals surface area contributed by atoms with E-state index < -0.39 is 0 Å². The average Bonchev–Trinajstić information content (AvgIpc) is 3.24. The molecule has 158 valence electrons. The summed E-state index contributed by atoms with van der Waals surface area (Å²) in [6, 6.07) is 8.50. The van der Waals surface area contributed by atoms with Crippen molar-refractivity contribution in [2.45, 2.75) is 46.1 Å². The number of pyridine rings is 1. The Labute approximate surface area is 178 Å².